The molecular weight excluding hydrogens is 256 g/mol. The Morgan fingerprint density at radius 3 is 2.81 bits per heavy atom. The van der Waals surface area contributed by atoms with Crippen LogP contribution in [0.15, 0.2) is 24.3 Å². The summed E-state index contributed by atoms with van der Waals surface area (Å²) in [4.78, 5) is 2.72. The molecule has 0 spiro atoms. The first-order valence-corrected chi connectivity index (χ1v) is 8.44. The lowest BCUT2D eigenvalue weighted by Crippen LogP contribution is -2.52. The number of anilines is 1. The molecule has 1 aliphatic carbocycles. The quantitative estimate of drug-likeness (QED) is 0.899. The van der Waals surface area contributed by atoms with Gasteiger partial charge in [-0.1, -0.05) is 32.9 Å². The molecule has 2 nitrogen and oxygen atoms in total. The average Bonchev–Trinajstić information content (AvgIpc) is 2.63. The van der Waals surface area contributed by atoms with Crippen molar-refractivity contribution >= 4 is 5.69 Å². The summed E-state index contributed by atoms with van der Waals surface area (Å²) in [5.74, 6) is 0.889. The van der Waals surface area contributed by atoms with Crippen LogP contribution >= 0.6 is 0 Å². The van der Waals surface area contributed by atoms with Crippen molar-refractivity contribution in [2.45, 2.75) is 40.0 Å². The minimum atomic E-state index is 0.517. The van der Waals surface area contributed by atoms with Crippen molar-refractivity contribution in [2.75, 3.05) is 32.0 Å². The van der Waals surface area contributed by atoms with Gasteiger partial charge in [0.05, 0.1) is 0 Å². The van der Waals surface area contributed by atoms with E-state index in [-0.39, 0.29) is 0 Å². The maximum atomic E-state index is 3.23. The molecule has 1 aliphatic heterocycles. The highest BCUT2D eigenvalue weighted by molar-refractivity contribution is 5.45. The summed E-state index contributed by atoms with van der Waals surface area (Å²) in [6.07, 6.45) is 4.00. The van der Waals surface area contributed by atoms with E-state index in [2.05, 4.69) is 55.3 Å². The number of likely N-dealkylation sites (tertiary alicyclic amines) is 1. The Labute approximate surface area is 129 Å². The van der Waals surface area contributed by atoms with Gasteiger partial charge in [0.1, 0.15) is 0 Å². The molecule has 1 N–H and O–H groups in total. The fourth-order valence-corrected chi connectivity index (χ4v) is 4.48. The summed E-state index contributed by atoms with van der Waals surface area (Å²) < 4.78 is 0. The van der Waals surface area contributed by atoms with Crippen molar-refractivity contribution in [1.82, 2.24) is 4.90 Å². The van der Waals surface area contributed by atoms with Gasteiger partial charge in [-0.05, 0) is 53.7 Å². The number of nitrogens with one attached hydrogen (secondary N) is 1. The zero-order valence-electron chi connectivity index (χ0n) is 14.1. The van der Waals surface area contributed by atoms with Gasteiger partial charge in [0.15, 0.2) is 0 Å². The molecule has 1 saturated heterocycles. The lowest BCUT2D eigenvalue weighted by Gasteiger charge is -2.50. The molecule has 0 aromatic heterocycles. The molecule has 21 heavy (non-hydrogen) atoms. The number of nitrogens with zero attached hydrogens (tertiary/aromatic N) is 1. The Morgan fingerprint density at radius 1 is 1.29 bits per heavy atom. The lowest BCUT2D eigenvalue weighted by molar-refractivity contribution is -0.0169. The number of hydrogen-bond acceptors (Lipinski definition) is 2. The topological polar surface area (TPSA) is 15.3 Å². The van der Waals surface area contributed by atoms with E-state index in [0.717, 1.165) is 5.92 Å². The van der Waals surface area contributed by atoms with E-state index in [1.807, 2.05) is 7.05 Å². The average molecular weight is 286 g/mol. The summed E-state index contributed by atoms with van der Waals surface area (Å²) in [6.45, 7) is 11.3. The third-order valence-corrected chi connectivity index (χ3v) is 6.60. The maximum absolute atomic E-state index is 3.23. The minimum absolute atomic E-state index is 0.517. The third-order valence-electron chi connectivity index (χ3n) is 6.60. The SMILES string of the molecule is CNc1cccc(CCN2CC3CC[C@@](C)(C2)C3(C)C)c1. The van der Waals surface area contributed by atoms with Crippen LogP contribution in [0.1, 0.15) is 39.2 Å². The Kier molecular flexibility index (Phi) is 3.77. The van der Waals surface area contributed by atoms with Gasteiger partial charge in [0, 0.05) is 32.4 Å². The highest BCUT2D eigenvalue weighted by Gasteiger charge is 2.55. The van der Waals surface area contributed by atoms with E-state index in [1.54, 1.807) is 0 Å². The molecule has 1 heterocycles. The third kappa shape index (κ3) is 2.59. The summed E-state index contributed by atoms with van der Waals surface area (Å²) in [5, 5.41) is 3.23. The number of hydrogen-bond donors (Lipinski definition) is 1. The van der Waals surface area contributed by atoms with Crippen LogP contribution in [0, 0.1) is 16.7 Å². The Bertz CT molecular complexity index is 508. The summed E-state index contributed by atoms with van der Waals surface area (Å²) in [6, 6.07) is 8.83. The highest BCUT2D eigenvalue weighted by Crippen LogP contribution is 2.58. The molecule has 1 saturated carbocycles. The van der Waals surface area contributed by atoms with Crippen molar-refractivity contribution in [3.8, 4) is 0 Å². The van der Waals surface area contributed by atoms with Gasteiger partial charge < -0.3 is 10.2 Å². The first-order chi connectivity index (χ1) is 9.94. The van der Waals surface area contributed by atoms with Gasteiger partial charge in [-0.25, -0.2) is 0 Å². The first kappa shape index (κ1) is 14.9. The molecule has 1 aromatic carbocycles. The highest BCUT2D eigenvalue weighted by atomic mass is 15.2. The van der Waals surface area contributed by atoms with Gasteiger partial charge in [0.25, 0.3) is 0 Å². The van der Waals surface area contributed by atoms with Crippen LogP contribution in [-0.4, -0.2) is 31.6 Å². The minimum Gasteiger partial charge on any atom is -0.388 e. The molecule has 1 unspecified atom stereocenters. The van der Waals surface area contributed by atoms with E-state index >= 15 is 0 Å². The fourth-order valence-electron chi connectivity index (χ4n) is 4.48. The second kappa shape index (κ2) is 5.31. The standard InChI is InChI=1S/C19H30N2/c1-18(2)16-8-10-19(18,3)14-21(13-16)11-9-15-6-5-7-17(12-15)20-4/h5-7,12,16,20H,8-11,13-14H2,1-4H3/t16?,19-/m0/s1. The van der Waals surface area contributed by atoms with Gasteiger partial charge in [-0.2, -0.15) is 0 Å². The first-order valence-electron chi connectivity index (χ1n) is 8.44. The molecule has 3 rings (SSSR count). The monoisotopic (exact) mass is 286 g/mol. The van der Waals surface area contributed by atoms with E-state index < -0.39 is 0 Å². The van der Waals surface area contributed by atoms with Crippen LogP contribution in [0.25, 0.3) is 0 Å². The Morgan fingerprint density at radius 2 is 2.10 bits per heavy atom. The molecular formula is C19H30N2. The zero-order valence-corrected chi connectivity index (χ0v) is 14.1. The fraction of sp³-hybridized carbons (Fsp3) is 0.684. The molecule has 1 aromatic rings. The number of piperidine rings is 1. The predicted octanol–water partition coefficient (Wildman–Crippen LogP) is 4.03. The smallest absolute Gasteiger partial charge is 0.0340 e. The van der Waals surface area contributed by atoms with Crippen LogP contribution in [-0.2, 0) is 6.42 Å². The van der Waals surface area contributed by atoms with Crippen LogP contribution in [0.3, 0.4) is 0 Å². The van der Waals surface area contributed by atoms with Crippen LogP contribution < -0.4 is 5.32 Å². The second-order valence-corrected chi connectivity index (χ2v) is 7.95. The van der Waals surface area contributed by atoms with Crippen molar-refractivity contribution in [3.05, 3.63) is 29.8 Å². The molecule has 2 aliphatic rings. The Hall–Kier alpha value is -1.02. The largest absolute Gasteiger partial charge is 0.388 e. The van der Waals surface area contributed by atoms with Gasteiger partial charge in [-0.3, -0.25) is 0 Å². The molecule has 116 valence electrons. The Balaban J connectivity index is 1.62. The van der Waals surface area contributed by atoms with Crippen molar-refractivity contribution in [3.63, 3.8) is 0 Å². The van der Waals surface area contributed by atoms with Crippen molar-refractivity contribution in [2.24, 2.45) is 16.7 Å². The summed E-state index contributed by atoms with van der Waals surface area (Å²) in [5.41, 5.74) is 3.71. The molecule has 2 fully saturated rings. The van der Waals surface area contributed by atoms with Crippen LogP contribution in [0.2, 0.25) is 0 Å². The van der Waals surface area contributed by atoms with Gasteiger partial charge in [-0.15, -0.1) is 0 Å². The molecule has 2 atom stereocenters. The summed E-state index contributed by atoms with van der Waals surface area (Å²) >= 11 is 0. The van der Waals surface area contributed by atoms with Gasteiger partial charge in [0.2, 0.25) is 0 Å². The van der Waals surface area contributed by atoms with Crippen molar-refractivity contribution in [1.29, 1.82) is 0 Å². The predicted molar refractivity (Wildman–Crippen MR) is 90.7 cm³/mol. The molecule has 0 amide bonds. The molecule has 0 radical (unpaired) electrons. The number of benzene rings is 1. The van der Waals surface area contributed by atoms with E-state index in [0.29, 0.717) is 10.8 Å². The molecule has 2 bridgehead atoms. The lowest BCUT2D eigenvalue weighted by atomic mass is 9.63. The maximum Gasteiger partial charge on any atom is 0.0340 e. The second-order valence-electron chi connectivity index (χ2n) is 7.95. The van der Waals surface area contributed by atoms with Crippen LogP contribution in [0.5, 0.6) is 0 Å². The number of fused-ring (bicyclic) bond motifs is 2. The van der Waals surface area contributed by atoms with Crippen LogP contribution in [0.4, 0.5) is 5.69 Å². The van der Waals surface area contributed by atoms with Crippen molar-refractivity contribution < 1.29 is 0 Å². The number of rotatable bonds is 4. The summed E-state index contributed by atoms with van der Waals surface area (Å²) in [7, 11) is 1.99. The normalized spacial score (nSPS) is 31.3. The van der Waals surface area contributed by atoms with E-state index in [9.17, 15) is 0 Å². The van der Waals surface area contributed by atoms with E-state index in [4.69, 9.17) is 0 Å². The molecule has 2 heteroatoms. The zero-order chi connectivity index (χ0) is 15.1. The van der Waals surface area contributed by atoms with E-state index in [1.165, 1.54) is 50.1 Å². The van der Waals surface area contributed by atoms with Gasteiger partial charge >= 0.3 is 0 Å².